The zero-order chi connectivity index (χ0) is 12.4. The Morgan fingerprint density at radius 1 is 1.17 bits per heavy atom. The molecule has 0 saturated carbocycles. The first-order valence-electron chi connectivity index (χ1n) is 6.97. The van der Waals surface area contributed by atoms with Crippen LogP contribution < -0.4 is 0 Å². The third-order valence-corrected chi connectivity index (χ3v) is 5.47. The van der Waals surface area contributed by atoms with Gasteiger partial charge in [-0.3, -0.25) is 4.79 Å². The zero-order valence-electron chi connectivity index (χ0n) is 10.7. The van der Waals surface area contributed by atoms with Gasteiger partial charge in [0.25, 0.3) is 0 Å². The van der Waals surface area contributed by atoms with Gasteiger partial charge in [-0.25, -0.2) is 0 Å². The van der Waals surface area contributed by atoms with Crippen LogP contribution in [0.5, 0.6) is 0 Å². The summed E-state index contributed by atoms with van der Waals surface area (Å²) >= 11 is 1.83. The minimum Gasteiger partial charge on any atom is -0.347 e. The molecule has 3 aliphatic heterocycles. The highest BCUT2D eigenvalue weighted by Crippen LogP contribution is 2.33. The van der Waals surface area contributed by atoms with Gasteiger partial charge < -0.3 is 14.4 Å². The molecule has 0 aliphatic carbocycles. The molecule has 18 heavy (non-hydrogen) atoms. The maximum absolute atomic E-state index is 12.4. The number of hydrogen-bond donors (Lipinski definition) is 0. The van der Waals surface area contributed by atoms with E-state index in [0.29, 0.717) is 19.1 Å². The van der Waals surface area contributed by atoms with E-state index in [0.717, 1.165) is 38.1 Å². The van der Waals surface area contributed by atoms with Gasteiger partial charge in [0.05, 0.1) is 18.5 Å². The fourth-order valence-electron chi connectivity index (χ4n) is 2.99. The first-order valence-corrected chi connectivity index (χ1v) is 8.02. The van der Waals surface area contributed by atoms with Crippen LogP contribution in [0.3, 0.4) is 0 Å². The molecule has 102 valence electrons. The monoisotopic (exact) mass is 271 g/mol. The van der Waals surface area contributed by atoms with Crippen LogP contribution in [0, 0.1) is 0 Å². The van der Waals surface area contributed by atoms with Crippen molar-refractivity contribution in [3.05, 3.63) is 0 Å². The summed E-state index contributed by atoms with van der Waals surface area (Å²) in [5.74, 6) is 1.12. The number of likely N-dealkylation sites (tertiary alicyclic amines) is 1. The molecule has 3 saturated heterocycles. The Kier molecular flexibility index (Phi) is 3.82. The molecule has 0 aromatic rings. The lowest BCUT2D eigenvalue weighted by Crippen LogP contribution is -2.49. The average molecular weight is 271 g/mol. The Morgan fingerprint density at radius 2 is 1.89 bits per heavy atom. The van der Waals surface area contributed by atoms with Gasteiger partial charge in [-0.05, 0) is 18.6 Å². The van der Waals surface area contributed by atoms with Crippen LogP contribution in [0.15, 0.2) is 0 Å². The standard InChI is InChI=1S/C13H21NO3S/c15-12(11-3-1-2-10-18-11)14-6-4-13(5-7-14)16-8-9-17-13/h11H,1-10H2. The molecular weight excluding hydrogens is 250 g/mol. The first kappa shape index (κ1) is 12.8. The molecule has 3 heterocycles. The molecule has 0 bridgehead atoms. The third-order valence-electron chi connectivity index (χ3n) is 4.11. The minimum atomic E-state index is -0.365. The van der Waals surface area contributed by atoms with Crippen molar-refractivity contribution >= 4 is 17.7 Å². The van der Waals surface area contributed by atoms with Crippen LogP contribution in [0.2, 0.25) is 0 Å². The Hall–Kier alpha value is -0.260. The third kappa shape index (κ3) is 2.53. The Bertz CT molecular complexity index is 301. The largest absolute Gasteiger partial charge is 0.347 e. The summed E-state index contributed by atoms with van der Waals surface area (Å²) in [6, 6.07) is 0. The van der Waals surface area contributed by atoms with E-state index in [2.05, 4.69) is 0 Å². The number of hydrogen-bond acceptors (Lipinski definition) is 4. The van der Waals surface area contributed by atoms with Crippen LogP contribution in [0.4, 0.5) is 0 Å². The van der Waals surface area contributed by atoms with E-state index >= 15 is 0 Å². The van der Waals surface area contributed by atoms with Crippen molar-refractivity contribution in [3.8, 4) is 0 Å². The summed E-state index contributed by atoms with van der Waals surface area (Å²) in [6.07, 6.45) is 5.18. The van der Waals surface area contributed by atoms with E-state index in [-0.39, 0.29) is 11.0 Å². The smallest absolute Gasteiger partial charge is 0.235 e. The topological polar surface area (TPSA) is 38.8 Å². The van der Waals surface area contributed by atoms with Gasteiger partial charge in [0.15, 0.2) is 5.79 Å². The molecule has 3 fully saturated rings. The summed E-state index contributed by atoms with van der Waals surface area (Å²) in [7, 11) is 0. The first-order chi connectivity index (χ1) is 8.79. The second-order valence-corrected chi connectivity index (χ2v) is 6.60. The Balaban J connectivity index is 1.53. The van der Waals surface area contributed by atoms with Gasteiger partial charge in [0, 0.05) is 25.9 Å². The van der Waals surface area contributed by atoms with Crippen molar-refractivity contribution < 1.29 is 14.3 Å². The fourth-order valence-corrected chi connectivity index (χ4v) is 4.27. The number of thioether (sulfide) groups is 1. The maximum atomic E-state index is 12.4. The SMILES string of the molecule is O=C(C1CCCCS1)N1CCC2(CC1)OCCO2. The van der Waals surface area contributed by atoms with Gasteiger partial charge in [0.1, 0.15) is 0 Å². The van der Waals surface area contributed by atoms with E-state index in [1.165, 1.54) is 12.8 Å². The molecule has 1 amide bonds. The van der Waals surface area contributed by atoms with Crippen LogP contribution in [0.25, 0.3) is 0 Å². The predicted molar refractivity (Wildman–Crippen MR) is 70.5 cm³/mol. The Morgan fingerprint density at radius 3 is 2.50 bits per heavy atom. The molecule has 1 unspecified atom stereocenters. The predicted octanol–water partition coefficient (Wildman–Crippen LogP) is 1.64. The number of amides is 1. The summed E-state index contributed by atoms with van der Waals surface area (Å²) in [5.41, 5.74) is 0. The molecule has 0 N–H and O–H groups in total. The molecule has 4 nitrogen and oxygen atoms in total. The van der Waals surface area contributed by atoms with Gasteiger partial charge in [-0.15, -0.1) is 11.8 Å². The average Bonchev–Trinajstić information content (AvgIpc) is 2.88. The molecule has 0 aromatic carbocycles. The van der Waals surface area contributed by atoms with Crippen LogP contribution in [-0.4, -0.2) is 53.9 Å². The van der Waals surface area contributed by atoms with Crippen molar-refractivity contribution in [1.29, 1.82) is 0 Å². The quantitative estimate of drug-likeness (QED) is 0.727. The van der Waals surface area contributed by atoms with E-state index in [1.807, 2.05) is 16.7 Å². The summed E-state index contributed by atoms with van der Waals surface area (Å²) < 4.78 is 11.4. The number of carbonyl (C=O) groups is 1. The van der Waals surface area contributed by atoms with E-state index in [1.54, 1.807) is 0 Å². The normalized spacial score (nSPS) is 31.8. The fraction of sp³-hybridized carbons (Fsp3) is 0.923. The lowest BCUT2D eigenvalue weighted by Gasteiger charge is -2.39. The lowest BCUT2D eigenvalue weighted by atomic mass is 10.0. The zero-order valence-corrected chi connectivity index (χ0v) is 11.5. The van der Waals surface area contributed by atoms with Gasteiger partial charge in [0.2, 0.25) is 5.91 Å². The molecule has 1 atom stereocenters. The molecule has 3 rings (SSSR count). The summed E-state index contributed by atoms with van der Waals surface area (Å²) in [5, 5.41) is 0.207. The van der Waals surface area contributed by atoms with Gasteiger partial charge in [-0.2, -0.15) is 0 Å². The van der Waals surface area contributed by atoms with Crippen LogP contribution >= 0.6 is 11.8 Å². The molecule has 0 aromatic heterocycles. The molecular formula is C13H21NO3S. The van der Waals surface area contributed by atoms with Crippen molar-refractivity contribution in [2.24, 2.45) is 0 Å². The van der Waals surface area contributed by atoms with Crippen LogP contribution in [0.1, 0.15) is 32.1 Å². The maximum Gasteiger partial charge on any atom is 0.235 e. The van der Waals surface area contributed by atoms with Crippen molar-refractivity contribution in [2.75, 3.05) is 32.1 Å². The summed E-state index contributed by atoms with van der Waals surface area (Å²) in [4.78, 5) is 14.4. The highest BCUT2D eigenvalue weighted by molar-refractivity contribution is 8.00. The lowest BCUT2D eigenvalue weighted by molar-refractivity contribution is -0.187. The van der Waals surface area contributed by atoms with Crippen molar-refractivity contribution in [2.45, 2.75) is 43.1 Å². The minimum absolute atomic E-state index is 0.207. The van der Waals surface area contributed by atoms with Crippen LogP contribution in [-0.2, 0) is 14.3 Å². The number of carbonyl (C=O) groups excluding carboxylic acids is 1. The molecule has 3 aliphatic rings. The number of nitrogens with zero attached hydrogens (tertiary/aromatic N) is 1. The second-order valence-electron chi connectivity index (χ2n) is 5.29. The molecule has 5 heteroatoms. The number of ether oxygens (including phenoxy) is 2. The Labute approximate surface area is 112 Å². The van der Waals surface area contributed by atoms with E-state index in [9.17, 15) is 4.79 Å². The van der Waals surface area contributed by atoms with E-state index in [4.69, 9.17) is 9.47 Å². The molecule has 0 radical (unpaired) electrons. The highest BCUT2D eigenvalue weighted by Gasteiger charge is 2.41. The van der Waals surface area contributed by atoms with Crippen molar-refractivity contribution in [1.82, 2.24) is 4.90 Å². The van der Waals surface area contributed by atoms with Gasteiger partial charge >= 0.3 is 0 Å². The number of rotatable bonds is 1. The van der Waals surface area contributed by atoms with Gasteiger partial charge in [-0.1, -0.05) is 6.42 Å². The second kappa shape index (κ2) is 5.39. The highest BCUT2D eigenvalue weighted by atomic mass is 32.2. The van der Waals surface area contributed by atoms with Crippen molar-refractivity contribution in [3.63, 3.8) is 0 Å². The summed E-state index contributed by atoms with van der Waals surface area (Å²) in [6.45, 7) is 2.98. The number of piperidine rings is 1. The van der Waals surface area contributed by atoms with E-state index < -0.39 is 0 Å². The molecule has 1 spiro atoms.